The molecule has 1 fully saturated rings. The maximum Gasteiger partial charge on any atom is 0.243 e. The third kappa shape index (κ3) is 2.93. The van der Waals surface area contributed by atoms with Gasteiger partial charge in [-0.2, -0.15) is 4.31 Å². The monoisotopic (exact) mass is 310 g/mol. The number of aliphatic hydroxyl groups is 1. The first-order valence-corrected chi connectivity index (χ1v) is 8.92. The third-order valence-corrected chi connectivity index (χ3v) is 6.35. The molecule has 2 aliphatic heterocycles. The lowest BCUT2D eigenvalue weighted by atomic mass is 9.95. The van der Waals surface area contributed by atoms with Gasteiger partial charge in [-0.15, -0.1) is 0 Å². The van der Waals surface area contributed by atoms with Gasteiger partial charge < -0.3 is 10.4 Å². The van der Waals surface area contributed by atoms with Crippen LogP contribution in [0.15, 0.2) is 23.1 Å². The van der Waals surface area contributed by atoms with Crippen molar-refractivity contribution in [1.82, 2.24) is 4.31 Å². The smallest absolute Gasteiger partial charge is 0.243 e. The molecule has 1 aromatic rings. The highest BCUT2D eigenvalue weighted by Crippen LogP contribution is 2.29. The quantitative estimate of drug-likeness (QED) is 0.870. The average molecular weight is 310 g/mol. The van der Waals surface area contributed by atoms with Crippen molar-refractivity contribution in [3.8, 4) is 0 Å². The van der Waals surface area contributed by atoms with Crippen LogP contribution in [-0.4, -0.2) is 43.1 Å². The Kier molecular flexibility index (Phi) is 3.71. The standard InChI is InChI=1S/C15H22N2O3S/c1-15(18)6-9-17(10-7-15)21(19,20)13-5-4-12-3-2-8-16-14(12)11-13/h4-5,11,16,18H,2-3,6-10H2,1H3. The second kappa shape index (κ2) is 5.26. The molecule has 0 bridgehead atoms. The van der Waals surface area contributed by atoms with Crippen LogP contribution in [0.25, 0.3) is 0 Å². The van der Waals surface area contributed by atoms with Crippen molar-refractivity contribution < 1.29 is 13.5 Å². The second-order valence-electron chi connectivity index (χ2n) is 6.25. The van der Waals surface area contributed by atoms with Crippen LogP contribution < -0.4 is 5.32 Å². The maximum atomic E-state index is 12.7. The van der Waals surface area contributed by atoms with Gasteiger partial charge in [0.2, 0.25) is 10.0 Å². The minimum absolute atomic E-state index is 0.345. The molecule has 1 aromatic carbocycles. The van der Waals surface area contributed by atoms with E-state index in [-0.39, 0.29) is 0 Å². The van der Waals surface area contributed by atoms with E-state index < -0.39 is 15.6 Å². The molecule has 2 heterocycles. The summed E-state index contributed by atoms with van der Waals surface area (Å²) in [4.78, 5) is 0.345. The summed E-state index contributed by atoms with van der Waals surface area (Å²) in [6.07, 6.45) is 3.04. The molecule has 0 aromatic heterocycles. The number of hydrogen-bond donors (Lipinski definition) is 2. The van der Waals surface area contributed by atoms with Gasteiger partial charge in [0.05, 0.1) is 10.5 Å². The summed E-state index contributed by atoms with van der Waals surface area (Å²) >= 11 is 0. The molecule has 116 valence electrons. The first kappa shape index (κ1) is 14.8. The predicted octanol–water partition coefficient (Wildman–Crippen LogP) is 1.58. The summed E-state index contributed by atoms with van der Waals surface area (Å²) in [5.74, 6) is 0. The van der Waals surface area contributed by atoms with Crippen LogP contribution in [0.4, 0.5) is 5.69 Å². The lowest BCUT2D eigenvalue weighted by Crippen LogP contribution is -2.45. The van der Waals surface area contributed by atoms with E-state index in [1.54, 1.807) is 19.1 Å². The summed E-state index contributed by atoms with van der Waals surface area (Å²) < 4.78 is 26.9. The van der Waals surface area contributed by atoms with Crippen molar-refractivity contribution in [2.45, 2.75) is 43.1 Å². The van der Waals surface area contributed by atoms with Crippen molar-refractivity contribution >= 4 is 15.7 Å². The van der Waals surface area contributed by atoms with Crippen LogP contribution in [0.1, 0.15) is 31.7 Å². The molecule has 0 aliphatic carbocycles. The molecule has 0 amide bonds. The fourth-order valence-electron chi connectivity index (χ4n) is 2.96. The molecule has 3 rings (SSSR count). The Balaban J connectivity index is 1.85. The van der Waals surface area contributed by atoms with Crippen LogP contribution >= 0.6 is 0 Å². The Bertz CT molecular complexity index is 630. The van der Waals surface area contributed by atoms with Gasteiger partial charge in [-0.3, -0.25) is 0 Å². The molecule has 6 heteroatoms. The Hall–Kier alpha value is -1.11. The number of hydrogen-bond acceptors (Lipinski definition) is 4. The average Bonchev–Trinajstić information content (AvgIpc) is 2.46. The maximum absolute atomic E-state index is 12.7. The fourth-order valence-corrected chi connectivity index (χ4v) is 4.43. The van der Waals surface area contributed by atoms with Gasteiger partial charge in [0.15, 0.2) is 0 Å². The van der Waals surface area contributed by atoms with Gasteiger partial charge >= 0.3 is 0 Å². The van der Waals surface area contributed by atoms with Gasteiger partial charge in [-0.05, 0) is 50.3 Å². The molecule has 0 spiro atoms. The van der Waals surface area contributed by atoms with E-state index >= 15 is 0 Å². The lowest BCUT2D eigenvalue weighted by Gasteiger charge is -2.35. The minimum Gasteiger partial charge on any atom is -0.390 e. The first-order chi connectivity index (χ1) is 9.88. The van der Waals surface area contributed by atoms with E-state index in [4.69, 9.17) is 0 Å². The molecule has 0 radical (unpaired) electrons. The number of fused-ring (bicyclic) bond motifs is 1. The number of nitrogens with zero attached hydrogens (tertiary/aromatic N) is 1. The highest BCUT2D eigenvalue weighted by Gasteiger charge is 2.34. The lowest BCUT2D eigenvalue weighted by molar-refractivity contribution is 0.0126. The molecule has 0 saturated carbocycles. The second-order valence-corrected chi connectivity index (χ2v) is 8.19. The summed E-state index contributed by atoms with van der Waals surface area (Å²) in [6, 6.07) is 5.36. The van der Waals surface area contributed by atoms with Gasteiger partial charge in [0.25, 0.3) is 0 Å². The SMILES string of the molecule is CC1(O)CCN(S(=O)(=O)c2ccc3c(c2)NCCC3)CC1. The fraction of sp³-hybridized carbons (Fsp3) is 0.600. The van der Waals surface area contributed by atoms with Crippen LogP contribution in [0, 0.1) is 0 Å². The van der Waals surface area contributed by atoms with Gasteiger partial charge in [0, 0.05) is 25.3 Å². The molecule has 2 aliphatic rings. The van der Waals surface area contributed by atoms with E-state index in [0.717, 1.165) is 25.1 Å². The van der Waals surface area contributed by atoms with Crippen molar-refractivity contribution in [1.29, 1.82) is 0 Å². The number of benzene rings is 1. The van der Waals surface area contributed by atoms with E-state index in [1.807, 2.05) is 6.07 Å². The largest absolute Gasteiger partial charge is 0.390 e. The van der Waals surface area contributed by atoms with Crippen LogP contribution in [0.2, 0.25) is 0 Å². The zero-order valence-corrected chi connectivity index (χ0v) is 13.1. The number of rotatable bonds is 2. The Morgan fingerprint density at radius 3 is 2.71 bits per heavy atom. The normalized spacial score (nSPS) is 22.4. The Morgan fingerprint density at radius 2 is 2.00 bits per heavy atom. The topological polar surface area (TPSA) is 69.6 Å². The molecule has 1 saturated heterocycles. The van der Waals surface area contributed by atoms with Crippen molar-refractivity contribution in [3.63, 3.8) is 0 Å². The highest BCUT2D eigenvalue weighted by atomic mass is 32.2. The highest BCUT2D eigenvalue weighted by molar-refractivity contribution is 7.89. The van der Waals surface area contributed by atoms with Gasteiger partial charge in [-0.1, -0.05) is 6.07 Å². The molecule has 5 nitrogen and oxygen atoms in total. The number of aryl methyl sites for hydroxylation is 1. The van der Waals surface area contributed by atoms with E-state index in [9.17, 15) is 13.5 Å². The summed E-state index contributed by atoms with van der Waals surface area (Å²) in [6.45, 7) is 3.41. The molecule has 21 heavy (non-hydrogen) atoms. The zero-order chi connectivity index (χ0) is 15.1. The van der Waals surface area contributed by atoms with Crippen LogP contribution in [-0.2, 0) is 16.4 Å². The molecular formula is C15H22N2O3S. The zero-order valence-electron chi connectivity index (χ0n) is 12.3. The molecule has 2 N–H and O–H groups in total. The number of piperidine rings is 1. The van der Waals surface area contributed by atoms with E-state index in [0.29, 0.717) is 30.8 Å². The van der Waals surface area contributed by atoms with Crippen molar-refractivity contribution in [2.24, 2.45) is 0 Å². The van der Waals surface area contributed by atoms with Crippen molar-refractivity contribution in [2.75, 3.05) is 25.0 Å². The number of nitrogens with one attached hydrogen (secondary N) is 1. The van der Waals surface area contributed by atoms with E-state index in [2.05, 4.69) is 5.32 Å². The van der Waals surface area contributed by atoms with Crippen molar-refractivity contribution in [3.05, 3.63) is 23.8 Å². The third-order valence-electron chi connectivity index (χ3n) is 4.46. The number of anilines is 1. The van der Waals surface area contributed by atoms with Crippen LogP contribution in [0.3, 0.4) is 0 Å². The summed E-state index contributed by atoms with van der Waals surface area (Å²) in [5.41, 5.74) is 1.37. The Morgan fingerprint density at radius 1 is 1.29 bits per heavy atom. The van der Waals surface area contributed by atoms with Gasteiger partial charge in [-0.25, -0.2) is 8.42 Å². The molecular weight excluding hydrogens is 288 g/mol. The predicted molar refractivity (Wildman–Crippen MR) is 81.9 cm³/mol. The molecule has 0 unspecified atom stereocenters. The molecule has 0 atom stereocenters. The van der Waals surface area contributed by atoms with E-state index in [1.165, 1.54) is 9.87 Å². The number of sulfonamides is 1. The Labute approximate surface area is 126 Å². The summed E-state index contributed by atoms with van der Waals surface area (Å²) in [7, 11) is -3.46. The minimum atomic E-state index is -3.46. The summed E-state index contributed by atoms with van der Waals surface area (Å²) in [5, 5.41) is 13.2. The first-order valence-electron chi connectivity index (χ1n) is 7.48. The van der Waals surface area contributed by atoms with Crippen LogP contribution in [0.5, 0.6) is 0 Å². The van der Waals surface area contributed by atoms with Gasteiger partial charge in [0.1, 0.15) is 0 Å².